The fourth-order valence-electron chi connectivity index (χ4n) is 2.91. The van der Waals surface area contributed by atoms with Crippen molar-refractivity contribution in [2.45, 2.75) is 18.3 Å². The van der Waals surface area contributed by atoms with Gasteiger partial charge in [0.1, 0.15) is 0 Å². The average molecular weight is 364 g/mol. The maximum Gasteiger partial charge on any atom is 0.317 e. The van der Waals surface area contributed by atoms with Crippen LogP contribution in [0.15, 0.2) is 30.3 Å². The molecule has 136 valence electrons. The Morgan fingerprint density at radius 1 is 1.32 bits per heavy atom. The Labute approximate surface area is 149 Å². The number of sulfonamides is 1. The van der Waals surface area contributed by atoms with Crippen LogP contribution in [0.3, 0.4) is 0 Å². The van der Waals surface area contributed by atoms with E-state index in [0.717, 1.165) is 11.8 Å². The summed E-state index contributed by atoms with van der Waals surface area (Å²) >= 11 is 0. The minimum absolute atomic E-state index is 0.221. The zero-order valence-electron chi connectivity index (χ0n) is 14.6. The number of urea groups is 1. The molecule has 2 rings (SSSR count). The van der Waals surface area contributed by atoms with Gasteiger partial charge in [0.05, 0.1) is 17.7 Å². The van der Waals surface area contributed by atoms with Crippen LogP contribution in [0.5, 0.6) is 0 Å². The van der Waals surface area contributed by atoms with Crippen LogP contribution < -0.4 is 5.32 Å². The van der Waals surface area contributed by atoms with Crippen molar-refractivity contribution in [1.82, 2.24) is 14.5 Å². The number of amides is 2. The molecule has 0 aliphatic carbocycles. The fraction of sp³-hybridized carbons (Fsp3) is 0.529. The number of nitriles is 1. The number of carbonyl (C=O) groups excluding carboxylic acids is 1. The average Bonchev–Trinajstić information content (AvgIpc) is 2.61. The van der Waals surface area contributed by atoms with E-state index in [2.05, 4.69) is 11.4 Å². The lowest BCUT2D eigenvalue weighted by Crippen LogP contribution is -2.49. The first-order valence-electron chi connectivity index (χ1n) is 8.19. The molecule has 0 aromatic heterocycles. The Kier molecular flexibility index (Phi) is 6.03. The molecule has 25 heavy (non-hydrogen) atoms. The molecule has 7 nitrogen and oxygen atoms in total. The Balaban J connectivity index is 1.87. The van der Waals surface area contributed by atoms with E-state index in [4.69, 9.17) is 0 Å². The topological polar surface area (TPSA) is 93.5 Å². The monoisotopic (exact) mass is 364 g/mol. The van der Waals surface area contributed by atoms with Gasteiger partial charge in [-0.05, 0) is 18.4 Å². The first kappa shape index (κ1) is 19.2. The molecule has 1 aliphatic heterocycles. The second-order valence-corrected chi connectivity index (χ2v) is 8.45. The van der Waals surface area contributed by atoms with Crippen molar-refractivity contribution in [2.75, 3.05) is 39.5 Å². The maximum absolute atomic E-state index is 12.2. The fourth-order valence-corrected chi connectivity index (χ4v) is 3.33. The molecule has 0 saturated carbocycles. The van der Waals surface area contributed by atoms with Gasteiger partial charge < -0.3 is 10.2 Å². The minimum atomic E-state index is -3.24. The molecule has 2 amide bonds. The van der Waals surface area contributed by atoms with E-state index in [1.165, 1.54) is 11.4 Å². The van der Waals surface area contributed by atoms with E-state index < -0.39 is 15.4 Å². The number of nitrogens with zero attached hydrogens (tertiary/aromatic N) is 3. The predicted molar refractivity (Wildman–Crippen MR) is 95.4 cm³/mol. The largest absolute Gasteiger partial charge is 0.337 e. The van der Waals surface area contributed by atoms with E-state index in [9.17, 15) is 18.5 Å². The van der Waals surface area contributed by atoms with E-state index in [1.807, 2.05) is 30.3 Å². The predicted octanol–water partition coefficient (Wildman–Crippen LogP) is 1.14. The van der Waals surface area contributed by atoms with Crippen LogP contribution in [-0.4, -0.2) is 63.1 Å². The summed E-state index contributed by atoms with van der Waals surface area (Å²) in [6, 6.07) is 11.9. The molecule has 1 saturated heterocycles. The van der Waals surface area contributed by atoms with Crippen molar-refractivity contribution in [3.63, 3.8) is 0 Å². The Bertz CT molecular complexity index is 735. The zero-order chi connectivity index (χ0) is 18.5. The summed E-state index contributed by atoms with van der Waals surface area (Å²) in [7, 11) is -1.77. The number of hydrogen-bond acceptors (Lipinski definition) is 4. The highest BCUT2D eigenvalue weighted by molar-refractivity contribution is 7.88. The Morgan fingerprint density at radius 3 is 2.44 bits per heavy atom. The molecule has 8 heteroatoms. The number of likely N-dealkylation sites (tertiary alicyclic amines) is 1. The summed E-state index contributed by atoms with van der Waals surface area (Å²) in [5.74, 6) is 0. The molecular weight excluding hydrogens is 340 g/mol. The van der Waals surface area contributed by atoms with E-state index >= 15 is 0 Å². The van der Waals surface area contributed by atoms with E-state index in [0.29, 0.717) is 25.9 Å². The van der Waals surface area contributed by atoms with E-state index in [-0.39, 0.29) is 19.1 Å². The molecule has 0 bridgehead atoms. The second-order valence-electron chi connectivity index (χ2n) is 6.36. The number of nitrogens with one attached hydrogen (secondary N) is 1. The SMILES string of the molecule is CN(CCNC(=O)N1CCC(C#N)(c2ccccc2)CC1)S(C)(=O)=O. The lowest BCUT2D eigenvalue weighted by molar-refractivity contribution is 0.171. The van der Waals surface area contributed by atoms with Crippen LogP contribution >= 0.6 is 0 Å². The van der Waals surface area contributed by atoms with Gasteiger partial charge in [-0.2, -0.15) is 5.26 Å². The van der Waals surface area contributed by atoms with Crippen LogP contribution in [0.1, 0.15) is 18.4 Å². The van der Waals surface area contributed by atoms with Crippen molar-refractivity contribution in [2.24, 2.45) is 0 Å². The third-order valence-corrected chi connectivity index (χ3v) is 6.03. The smallest absolute Gasteiger partial charge is 0.317 e. The van der Waals surface area contributed by atoms with Gasteiger partial charge in [-0.25, -0.2) is 17.5 Å². The maximum atomic E-state index is 12.2. The highest BCUT2D eigenvalue weighted by Gasteiger charge is 2.37. The summed E-state index contributed by atoms with van der Waals surface area (Å²) in [5.41, 5.74) is 0.446. The normalized spacial score (nSPS) is 17.1. The Morgan fingerprint density at radius 2 is 1.92 bits per heavy atom. The second kappa shape index (κ2) is 7.85. The summed E-state index contributed by atoms with van der Waals surface area (Å²) in [4.78, 5) is 13.9. The molecule has 1 N–H and O–H groups in total. The van der Waals surface area contributed by atoms with E-state index in [1.54, 1.807) is 4.90 Å². The van der Waals surface area contributed by atoms with Gasteiger partial charge >= 0.3 is 6.03 Å². The summed E-state index contributed by atoms with van der Waals surface area (Å²) in [6.45, 7) is 1.47. The van der Waals surface area contributed by atoms with Crippen molar-refractivity contribution in [3.05, 3.63) is 35.9 Å². The zero-order valence-corrected chi connectivity index (χ0v) is 15.4. The number of likely N-dealkylation sites (N-methyl/N-ethyl adjacent to an activating group) is 1. The molecule has 0 spiro atoms. The summed E-state index contributed by atoms with van der Waals surface area (Å²) in [5, 5.41) is 12.4. The summed E-state index contributed by atoms with van der Waals surface area (Å²) in [6.07, 6.45) is 2.30. The van der Waals surface area contributed by atoms with Crippen molar-refractivity contribution < 1.29 is 13.2 Å². The molecule has 0 radical (unpaired) electrons. The molecule has 1 aliphatic rings. The number of carbonyl (C=O) groups is 1. The van der Waals surface area contributed by atoms with Crippen molar-refractivity contribution in [1.29, 1.82) is 5.26 Å². The van der Waals surface area contributed by atoms with Gasteiger partial charge in [-0.3, -0.25) is 0 Å². The standard InChI is InChI=1S/C17H24N4O3S/c1-20(25(2,23)24)13-10-19-16(22)21-11-8-17(14-18,9-12-21)15-6-4-3-5-7-15/h3-7H,8-13H2,1-2H3,(H,19,22). The van der Waals surface area contributed by atoms with Crippen LogP contribution in [0.25, 0.3) is 0 Å². The van der Waals surface area contributed by atoms with Gasteiger partial charge in [0.2, 0.25) is 10.0 Å². The minimum Gasteiger partial charge on any atom is -0.337 e. The molecule has 0 atom stereocenters. The van der Waals surface area contributed by atoms with Crippen molar-refractivity contribution in [3.8, 4) is 6.07 Å². The summed E-state index contributed by atoms with van der Waals surface area (Å²) < 4.78 is 23.8. The van der Waals surface area contributed by atoms with Gasteiger partial charge in [0.25, 0.3) is 0 Å². The number of benzene rings is 1. The molecule has 1 aromatic rings. The lowest BCUT2D eigenvalue weighted by Gasteiger charge is -2.37. The lowest BCUT2D eigenvalue weighted by atomic mass is 9.74. The number of rotatable bonds is 5. The highest BCUT2D eigenvalue weighted by Crippen LogP contribution is 2.34. The quantitative estimate of drug-likeness (QED) is 0.848. The van der Waals surface area contributed by atoms with Gasteiger partial charge in [0.15, 0.2) is 0 Å². The first-order chi connectivity index (χ1) is 11.8. The van der Waals surface area contributed by atoms with Crippen LogP contribution in [-0.2, 0) is 15.4 Å². The number of piperidine rings is 1. The van der Waals surface area contributed by atoms with Gasteiger partial charge in [-0.1, -0.05) is 30.3 Å². The Hall–Kier alpha value is -2.11. The highest BCUT2D eigenvalue weighted by atomic mass is 32.2. The van der Waals surface area contributed by atoms with Gasteiger partial charge in [-0.15, -0.1) is 0 Å². The molecular formula is C17H24N4O3S. The number of hydrogen-bond donors (Lipinski definition) is 1. The van der Waals surface area contributed by atoms with Crippen LogP contribution in [0.2, 0.25) is 0 Å². The van der Waals surface area contributed by atoms with Crippen LogP contribution in [0.4, 0.5) is 4.79 Å². The first-order valence-corrected chi connectivity index (χ1v) is 10.0. The molecule has 1 heterocycles. The molecule has 1 aromatic carbocycles. The molecule has 1 fully saturated rings. The third-order valence-electron chi connectivity index (χ3n) is 4.71. The van der Waals surface area contributed by atoms with Gasteiger partial charge in [0, 0.05) is 33.2 Å². The van der Waals surface area contributed by atoms with Crippen LogP contribution in [0, 0.1) is 11.3 Å². The van der Waals surface area contributed by atoms with Crippen molar-refractivity contribution >= 4 is 16.1 Å². The third kappa shape index (κ3) is 4.71. The molecule has 0 unspecified atom stereocenters.